The van der Waals surface area contributed by atoms with Gasteiger partial charge in [0.15, 0.2) is 0 Å². The summed E-state index contributed by atoms with van der Waals surface area (Å²) in [6.07, 6.45) is 6.19. The number of para-hydroxylation sites is 3. The zero-order valence-electron chi connectivity index (χ0n) is 30.9. The van der Waals surface area contributed by atoms with Gasteiger partial charge in [-0.25, -0.2) is 14.4 Å². The van der Waals surface area contributed by atoms with Crippen LogP contribution in [-0.2, 0) is 39.4 Å². The van der Waals surface area contributed by atoms with Gasteiger partial charge in [-0.3, -0.25) is 0 Å². The van der Waals surface area contributed by atoms with Gasteiger partial charge in [0.1, 0.15) is 56.9 Å². The molecule has 3 aromatic rings. The molecule has 0 unspecified atom stereocenters. The highest BCUT2D eigenvalue weighted by atomic mass is 16.6. The zero-order chi connectivity index (χ0) is 38.0. The standard InChI is InChI=1S/C43H52O9/c1-8-38(44)49-28-26-47-36-24-17-15-20-32(36)42(11-4,12-5)34-22-19-23-35(41(34)52-31-30-51-40(46)10-3)43(13-6,14-7)33-21-16-18-25-37(33)48-27-29-50-39(45)9-2/h8-10,15-25H,1-3,11-14,26-31H2,4-7H3. The third-order valence-electron chi connectivity index (χ3n) is 9.51. The fraction of sp³-hybridized carbons (Fsp3) is 0.372. The quantitative estimate of drug-likeness (QED) is 0.0416. The van der Waals surface area contributed by atoms with Crippen LogP contribution in [0.4, 0.5) is 0 Å². The highest BCUT2D eigenvalue weighted by Crippen LogP contribution is 2.52. The van der Waals surface area contributed by atoms with Gasteiger partial charge in [0.2, 0.25) is 0 Å². The predicted octanol–water partition coefficient (Wildman–Crippen LogP) is 8.22. The molecule has 0 aliphatic rings. The first-order chi connectivity index (χ1) is 25.2. The lowest BCUT2D eigenvalue weighted by Crippen LogP contribution is -2.32. The molecule has 9 heteroatoms. The first-order valence-corrected chi connectivity index (χ1v) is 17.8. The molecule has 0 N–H and O–H groups in total. The third kappa shape index (κ3) is 9.72. The lowest BCUT2D eigenvalue weighted by molar-refractivity contribution is -0.139. The van der Waals surface area contributed by atoms with Gasteiger partial charge >= 0.3 is 17.9 Å². The molecular formula is C43H52O9. The van der Waals surface area contributed by atoms with Crippen molar-refractivity contribution >= 4 is 17.9 Å². The van der Waals surface area contributed by atoms with Crippen molar-refractivity contribution in [2.45, 2.75) is 64.2 Å². The lowest BCUT2D eigenvalue weighted by Gasteiger charge is -2.40. The Balaban J connectivity index is 2.23. The van der Waals surface area contributed by atoms with Gasteiger partial charge in [-0.2, -0.15) is 0 Å². The van der Waals surface area contributed by atoms with E-state index in [1.807, 2.05) is 36.4 Å². The van der Waals surface area contributed by atoms with Gasteiger partial charge in [0.25, 0.3) is 0 Å². The molecule has 0 radical (unpaired) electrons. The van der Waals surface area contributed by atoms with E-state index in [1.54, 1.807) is 0 Å². The van der Waals surface area contributed by atoms with Crippen molar-refractivity contribution in [2.75, 3.05) is 39.6 Å². The van der Waals surface area contributed by atoms with E-state index in [0.29, 0.717) is 42.9 Å². The molecule has 0 bridgehead atoms. The SMILES string of the molecule is C=CC(=O)OCCOc1ccccc1C(CC)(CC)c1cccc(C(CC)(CC)c2ccccc2OCCOC(=O)C=C)c1OCCOC(=O)C=C. The van der Waals surface area contributed by atoms with Crippen LogP contribution in [0.3, 0.4) is 0 Å². The maximum absolute atomic E-state index is 11.9. The number of carbonyl (C=O) groups excluding carboxylic acids is 3. The Bertz CT molecular complexity index is 1560. The molecule has 9 nitrogen and oxygen atoms in total. The van der Waals surface area contributed by atoms with E-state index in [0.717, 1.165) is 40.5 Å². The molecule has 0 saturated heterocycles. The summed E-state index contributed by atoms with van der Waals surface area (Å²) in [7, 11) is 0. The molecule has 0 amide bonds. The van der Waals surface area contributed by atoms with Crippen molar-refractivity contribution in [3.63, 3.8) is 0 Å². The Labute approximate surface area is 308 Å². The minimum Gasteiger partial charge on any atom is -0.490 e. The molecule has 52 heavy (non-hydrogen) atoms. The van der Waals surface area contributed by atoms with Gasteiger partial charge < -0.3 is 28.4 Å². The number of hydrogen-bond acceptors (Lipinski definition) is 9. The van der Waals surface area contributed by atoms with Crippen molar-refractivity contribution in [1.82, 2.24) is 0 Å². The van der Waals surface area contributed by atoms with Crippen LogP contribution in [0.1, 0.15) is 75.6 Å². The van der Waals surface area contributed by atoms with Crippen LogP contribution in [0.15, 0.2) is 105 Å². The Kier molecular flexibility index (Phi) is 16.2. The monoisotopic (exact) mass is 712 g/mol. The summed E-state index contributed by atoms with van der Waals surface area (Å²) in [5.41, 5.74) is 2.70. The van der Waals surface area contributed by atoms with Crippen molar-refractivity contribution < 1.29 is 42.8 Å². The van der Waals surface area contributed by atoms with Gasteiger partial charge in [-0.15, -0.1) is 0 Å². The maximum Gasteiger partial charge on any atom is 0.330 e. The van der Waals surface area contributed by atoms with Crippen LogP contribution in [0.2, 0.25) is 0 Å². The largest absolute Gasteiger partial charge is 0.490 e. The van der Waals surface area contributed by atoms with Crippen LogP contribution in [0.25, 0.3) is 0 Å². The van der Waals surface area contributed by atoms with Crippen LogP contribution in [0, 0.1) is 0 Å². The average molecular weight is 713 g/mol. The van der Waals surface area contributed by atoms with E-state index in [2.05, 4.69) is 77.8 Å². The summed E-state index contributed by atoms with van der Waals surface area (Å²) in [5, 5.41) is 0. The molecule has 0 spiro atoms. The second-order valence-corrected chi connectivity index (χ2v) is 11.9. The van der Waals surface area contributed by atoms with Crippen LogP contribution in [-0.4, -0.2) is 57.5 Å². The molecule has 0 saturated carbocycles. The Morgan fingerprint density at radius 2 is 0.808 bits per heavy atom. The molecular weight excluding hydrogens is 660 g/mol. The number of esters is 3. The van der Waals surface area contributed by atoms with E-state index in [-0.39, 0.29) is 39.6 Å². The minimum atomic E-state index is -0.574. The second-order valence-electron chi connectivity index (χ2n) is 11.9. The molecule has 3 aromatic carbocycles. The van der Waals surface area contributed by atoms with Crippen molar-refractivity contribution in [3.8, 4) is 17.2 Å². The highest BCUT2D eigenvalue weighted by Gasteiger charge is 2.41. The smallest absolute Gasteiger partial charge is 0.330 e. The zero-order valence-corrected chi connectivity index (χ0v) is 30.9. The third-order valence-corrected chi connectivity index (χ3v) is 9.51. The predicted molar refractivity (Wildman–Crippen MR) is 202 cm³/mol. The summed E-state index contributed by atoms with van der Waals surface area (Å²) in [6, 6.07) is 22.0. The van der Waals surface area contributed by atoms with Gasteiger partial charge in [-0.05, 0) is 37.8 Å². The van der Waals surface area contributed by atoms with E-state index < -0.39 is 28.7 Å². The fourth-order valence-electron chi connectivity index (χ4n) is 6.79. The molecule has 0 fully saturated rings. The Morgan fingerprint density at radius 1 is 0.481 bits per heavy atom. The van der Waals surface area contributed by atoms with E-state index in [9.17, 15) is 14.4 Å². The number of ether oxygens (including phenoxy) is 6. The van der Waals surface area contributed by atoms with Crippen LogP contribution in [0.5, 0.6) is 17.2 Å². The van der Waals surface area contributed by atoms with Crippen LogP contribution < -0.4 is 14.2 Å². The molecule has 0 aliphatic heterocycles. The van der Waals surface area contributed by atoms with Gasteiger partial charge in [0.05, 0.1) is 0 Å². The lowest BCUT2D eigenvalue weighted by atomic mass is 9.65. The van der Waals surface area contributed by atoms with Crippen molar-refractivity contribution in [2.24, 2.45) is 0 Å². The molecule has 278 valence electrons. The number of rotatable bonds is 23. The Hall–Kier alpha value is -5.31. The van der Waals surface area contributed by atoms with Crippen LogP contribution >= 0.6 is 0 Å². The molecule has 0 heterocycles. The topological polar surface area (TPSA) is 107 Å². The maximum atomic E-state index is 11.9. The second kappa shape index (κ2) is 20.5. The molecule has 0 atom stereocenters. The summed E-state index contributed by atoms with van der Waals surface area (Å²) >= 11 is 0. The fourth-order valence-corrected chi connectivity index (χ4v) is 6.79. The Morgan fingerprint density at radius 3 is 1.15 bits per heavy atom. The highest BCUT2D eigenvalue weighted by molar-refractivity contribution is 5.81. The number of carbonyl (C=O) groups is 3. The van der Waals surface area contributed by atoms with Gasteiger partial charge in [0, 0.05) is 51.3 Å². The summed E-state index contributed by atoms with van der Waals surface area (Å²) < 4.78 is 34.9. The summed E-state index contributed by atoms with van der Waals surface area (Å²) in [4.78, 5) is 35.2. The van der Waals surface area contributed by atoms with Crippen molar-refractivity contribution in [1.29, 1.82) is 0 Å². The first-order valence-electron chi connectivity index (χ1n) is 17.8. The minimum absolute atomic E-state index is 0.0291. The molecule has 0 aliphatic carbocycles. The van der Waals surface area contributed by atoms with Gasteiger partial charge in [-0.1, -0.05) is 102 Å². The van der Waals surface area contributed by atoms with E-state index in [1.165, 1.54) is 0 Å². The molecule has 3 rings (SSSR count). The molecule has 0 aromatic heterocycles. The van der Waals surface area contributed by atoms with Crippen molar-refractivity contribution in [3.05, 3.63) is 127 Å². The van der Waals surface area contributed by atoms with E-state index >= 15 is 0 Å². The summed E-state index contributed by atoms with van der Waals surface area (Å²) in [6.45, 7) is 19.6. The number of hydrogen-bond donors (Lipinski definition) is 0. The average Bonchev–Trinajstić information content (AvgIpc) is 3.19. The first kappa shape index (κ1) is 41.1. The number of benzene rings is 3. The normalized spacial score (nSPS) is 11.2. The summed E-state index contributed by atoms with van der Waals surface area (Å²) in [5.74, 6) is 0.484. The van der Waals surface area contributed by atoms with E-state index in [4.69, 9.17) is 28.4 Å².